The summed E-state index contributed by atoms with van der Waals surface area (Å²) >= 11 is 0. The van der Waals surface area contributed by atoms with Crippen LogP contribution in [0, 0.1) is 6.92 Å². The Morgan fingerprint density at radius 2 is 1.81 bits per heavy atom. The number of para-hydroxylation sites is 1. The predicted molar refractivity (Wildman–Crippen MR) is 106 cm³/mol. The fourth-order valence-corrected chi connectivity index (χ4v) is 4.41. The molecule has 27 heavy (non-hydrogen) atoms. The number of nitrogens with zero attached hydrogens (tertiary/aromatic N) is 4. The molecule has 0 unspecified atom stereocenters. The molecule has 5 rings (SSSR count). The molecule has 0 radical (unpaired) electrons. The molecule has 0 atom stereocenters. The summed E-state index contributed by atoms with van der Waals surface area (Å²) in [7, 11) is 0. The zero-order valence-corrected chi connectivity index (χ0v) is 16.1. The molecule has 0 N–H and O–H groups in total. The number of fused-ring (bicyclic) bond motifs is 1. The van der Waals surface area contributed by atoms with Gasteiger partial charge in [0, 0.05) is 36.0 Å². The first kappa shape index (κ1) is 16.7. The van der Waals surface area contributed by atoms with Crippen LogP contribution >= 0.6 is 0 Å². The SMILES string of the molecule is CCc1c(C)nc2ccccc2c1N1CCC(c2noc(C3CC3)n2)CC1. The van der Waals surface area contributed by atoms with Gasteiger partial charge in [-0.05, 0) is 50.7 Å². The quantitative estimate of drug-likeness (QED) is 0.670. The van der Waals surface area contributed by atoms with Gasteiger partial charge in [-0.3, -0.25) is 4.98 Å². The lowest BCUT2D eigenvalue weighted by molar-refractivity contribution is 0.365. The Balaban J connectivity index is 1.41. The maximum absolute atomic E-state index is 5.48. The number of hydrogen-bond acceptors (Lipinski definition) is 5. The molecule has 0 spiro atoms. The third-order valence-electron chi connectivity index (χ3n) is 6.08. The zero-order chi connectivity index (χ0) is 18.4. The second-order valence-corrected chi connectivity index (χ2v) is 7.92. The second kappa shape index (κ2) is 6.63. The number of anilines is 1. The van der Waals surface area contributed by atoms with Crippen molar-refractivity contribution < 1.29 is 4.52 Å². The lowest BCUT2D eigenvalue weighted by Crippen LogP contribution is -2.34. The molecular formula is C22H26N4O. The largest absolute Gasteiger partial charge is 0.371 e. The fourth-order valence-electron chi connectivity index (χ4n) is 4.41. The van der Waals surface area contributed by atoms with E-state index in [9.17, 15) is 0 Å². The average molecular weight is 362 g/mol. The smallest absolute Gasteiger partial charge is 0.229 e. The van der Waals surface area contributed by atoms with E-state index in [0.717, 1.165) is 55.3 Å². The topological polar surface area (TPSA) is 55.1 Å². The first-order valence-electron chi connectivity index (χ1n) is 10.2. The van der Waals surface area contributed by atoms with E-state index in [1.54, 1.807) is 0 Å². The molecule has 0 amide bonds. The van der Waals surface area contributed by atoms with Gasteiger partial charge in [0.25, 0.3) is 0 Å². The van der Waals surface area contributed by atoms with E-state index in [4.69, 9.17) is 9.51 Å². The van der Waals surface area contributed by atoms with Gasteiger partial charge in [-0.15, -0.1) is 0 Å². The maximum Gasteiger partial charge on any atom is 0.229 e. The molecule has 1 saturated heterocycles. The van der Waals surface area contributed by atoms with Gasteiger partial charge >= 0.3 is 0 Å². The Labute approximate surface area is 159 Å². The van der Waals surface area contributed by atoms with Crippen molar-refractivity contribution in [2.45, 2.75) is 57.8 Å². The van der Waals surface area contributed by atoms with Crippen LogP contribution in [0.5, 0.6) is 0 Å². The Bertz CT molecular complexity index is 968. The van der Waals surface area contributed by atoms with Crippen LogP contribution in [0.3, 0.4) is 0 Å². The summed E-state index contributed by atoms with van der Waals surface area (Å²) < 4.78 is 5.48. The molecule has 1 saturated carbocycles. The van der Waals surface area contributed by atoms with Crippen molar-refractivity contribution >= 4 is 16.6 Å². The van der Waals surface area contributed by atoms with Crippen LogP contribution in [-0.4, -0.2) is 28.2 Å². The van der Waals surface area contributed by atoms with Gasteiger partial charge in [0.1, 0.15) is 0 Å². The molecule has 1 aromatic carbocycles. The van der Waals surface area contributed by atoms with E-state index in [-0.39, 0.29) is 0 Å². The highest BCUT2D eigenvalue weighted by molar-refractivity contribution is 5.94. The molecule has 2 fully saturated rings. The summed E-state index contributed by atoms with van der Waals surface area (Å²) in [5.41, 5.74) is 5.01. The Kier molecular flexibility index (Phi) is 4.10. The Morgan fingerprint density at radius 3 is 2.56 bits per heavy atom. The van der Waals surface area contributed by atoms with E-state index in [0.29, 0.717) is 11.8 Å². The zero-order valence-electron chi connectivity index (χ0n) is 16.1. The van der Waals surface area contributed by atoms with E-state index < -0.39 is 0 Å². The van der Waals surface area contributed by atoms with E-state index in [1.165, 1.54) is 29.5 Å². The normalized spacial score (nSPS) is 18.4. The molecule has 5 nitrogen and oxygen atoms in total. The molecule has 3 heterocycles. The van der Waals surface area contributed by atoms with Crippen molar-refractivity contribution in [2.75, 3.05) is 18.0 Å². The molecule has 2 aromatic heterocycles. The standard InChI is InChI=1S/C22H26N4O/c1-3-17-14(2)23-19-7-5-4-6-18(19)20(17)26-12-10-15(11-13-26)21-24-22(27-25-21)16-8-9-16/h4-7,15-16H,3,8-13H2,1-2H3. The monoisotopic (exact) mass is 362 g/mol. The number of hydrogen-bond donors (Lipinski definition) is 0. The molecule has 1 aliphatic carbocycles. The third kappa shape index (κ3) is 2.99. The lowest BCUT2D eigenvalue weighted by atomic mass is 9.94. The van der Waals surface area contributed by atoms with Crippen molar-refractivity contribution in [3.8, 4) is 0 Å². The van der Waals surface area contributed by atoms with Gasteiger partial charge in [0.05, 0.1) is 11.2 Å². The molecule has 0 bridgehead atoms. The van der Waals surface area contributed by atoms with Crippen LogP contribution < -0.4 is 4.90 Å². The predicted octanol–water partition coefficient (Wildman–Crippen LogP) is 4.75. The highest BCUT2D eigenvalue weighted by Gasteiger charge is 2.32. The third-order valence-corrected chi connectivity index (χ3v) is 6.08. The number of benzene rings is 1. The summed E-state index contributed by atoms with van der Waals surface area (Å²) in [6.07, 6.45) is 5.56. The molecule has 5 heteroatoms. The van der Waals surface area contributed by atoms with Crippen molar-refractivity contribution in [1.82, 2.24) is 15.1 Å². The van der Waals surface area contributed by atoms with Crippen molar-refractivity contribution in [2.24, 2.45) is 0 Å². The van der Waals surface area contributed by atoms with Crippen LogP contribution in [0.4, 0.5) is 5.69 Å². The number of aromatic nitrogens is 3. The van der Waals surface area contributed by atoms with Crippen LogP contribution in [0.15, 0.2) is 28.8 Å². The average Bonchev–Trinajstić information content (AvgIpc) is 3.44. The second-order valence-electron chi connectivity index (χ2n) is 7.92. The van der Waals surface area contributed by atoms with Crippen LogP contribution in [0.1, 0.15) is 67.4 Å². The minimum Gasteiger partial charge on any atom is -0.371 e. The molecule has 2 aliphatic rings. The van der Waals surface area contributed by atoms with Gasteiger partial charge in [-0.1, -0.05) is 30.3 Å². The van der Waals surface area contributed by atoms with E-state index in [1.807, 2.05) is 0 Å². The molecular weight excluding hydrogens is 336 g/mol. The summed E-state index contributed by atoms with van der Waals surface area (Å²) in [6.45, 7) is 6.42. The number of pyridine rings is 1. The molecule has 1 aliphatic heterocycles. The summed E-state index contributed by atoms with van der Waals surface area (Å²) in [5, 5.41) is 5.55. The fraction of sp³-hybridized carbons (Fsp3) is 0.500. The minimum atomic E-state index is 0.414. The molecule has 140 valence electrons. The lowest BCUT2D eigenvalue weighted by Gasteiger charge is -2.35. The molecule has 3 aromatic rings. The maximum atomic E-state index is 5.48. The minimum absolute atomic E-state index is 0.414. The van der Waals surface area contributed by atoms with Crippen LogP contribution in [0.25, 0.3) is 10.9 Å². The van der Waals surface area contributed by atoms with Gasteiger partial charge in [-0.2, -0.15) is 4.98 Å². The highest BCUT2D eigenvalue weighted by Crippen LogP contribution is 2.40. The highest BCUT2D eigenvalue weighted by atomic mass is 16.5. The Morgan fingerprint density at radius 1 is 1.04 bits per heavy atom. The van der Waals surface area contributed by atoms with Crippen molar-refractivity contribution in [3.63, 3.8) is 0 Å². The summed E-state index contributed by atoms with van der Waals surface area (Å²) in [4.78, 5) is 12.1. The number of aryl methyl sites for hydroxylation is 1. The van der Waals surface area contributed by atoms with E-state index in [2.05, 4.69) is 53.2 Å². The first-order chi connectivity index (χ1) is 13.2. The van der Waals surface area contributed by atoms with Gasteiger partial charge in [0.2, 0.25) is 5.89 Å². The van der Waals surface area contributed by atoms with E-state index >= 15 is 0 Å². The van der Waals surface area contributed by atoms with Crippen LogP contribution in [0.2, 0.25) is 0 Å². The van der Waals surface area contributed by atoms with Crippen LogP contribution in [-0.2, 0) is 6.42 Å². The number of rotatable bonds is 4. The van der Waals surface area contributed by atoms with Crippen molar-refractivity contribution in [1.29, 1.82) is 0 Å². The van der Waals surface area contributed by atoms with Gasteiger partial charge in [0.15, 0.2) is 5.82 Å². The Hall–Kier alpha value is -2.43. The summed E-state index contributed by atoms with van der Waals surface area (Å²) in [5.74, 6) is 2.72. The van der Waals surface area contributed by atoms with Gasteiger partial charge in [-0.25, -0.2) is 0 Å². The van der Waals surface area contributed by atoms with Gasteiger partial charge < -0.3 is 9.42 Å². The first-order valence-corrected chi connectivity index (χ1v) is 10.2. The van der Waals surface area contributed by atoms with Crippen molar-refractivity contribution in [3.05, 3.63) is 47.2 Å². The summed E-state index contributed by atoms with van der Waals surface area (Å²) in [6, 6.07) is 8.53. The number of piperidine rings is 1.